The fourth-order valence-electron chi connectivity index (χ4n) is 2.29. The van der Waals surface area contributed by atoms with E-state index >= 15 is 0 Å². The lowest BCUT2D eigenvalue weighted by Crippen LogP contribution is -2.10. The van der Waals surface area contributed by atoms with Gasteiger partial charge in [0.05, 0.1) is 5.57 Å². The minimum absolute atomic E-state index is 0.0777. The van der Waals surface area contributed by atoms with Gasteiger partial charge < -0.3 is 20.2 Å². The van der Waals surface area contributed by atoms with Crippen LogP contribution in [0.15, 0.2) is 77.0 Å². The van der Waals surface area contributed by atoms with Gasteiger partial charge >= 0.3 is 12.2 Å². The van der Waals surface area contributed by atoms with E-state index in [1.54, 1.807) is 43.3 Å². The summed E-state index contributed by atoms with van der Waals surface area (Å²) in [5.74, 6) is 1.02. The number of aromatic nitrogens is 4. The first-order valence-electron chi connectivity index (χ1n) is 8.82. The zero-order valence-corrected chi connectivity index (χ0v) is 16.2. The molecule has 0 bridgehead atoms. The third kappa shape index (κ3) is 5.92. The third-order valence-electron chi connectivity index (χ3n) is 3.69. The van der Waals surface area contributed by atoms with E-state index in [9.17, 15) is 13.2 Å². The molecule has 3 N–H and O–H groups in total. The van der Waals surface area contributed by atoms with Crippen LogP contribution in [-0.4, -0.2) is 26.3 Å². The number of nitrogens with zero attached hydrogens (tertiary/aromatic N) is 4. The summed E-state index contributed by atoms with van der Waals surface area (Å²) in [6.07, 6.45) is 0.752. The Hall–Kier alpha value is -4.15. The first kappa shape index (κ1) is 21.6. The average molecular weight is 430 g/mol. The predicted molar refractivity (Wildman–Crippen MR) is 108 cm³/mol. The van der Waals surface area contributed by atoms with Crippen molar-refractivity contribution in [2.45, 2.75) is 13.1 Å². The number of alkyl halides is 3. The lowest BCUT2D eigenvalue weighted by atomic mass is 10.2. The molecule has 0 spiro atoms. The highest BCUT2D eigenvalue weighted by Crippen LogP contribution is 2.28. The molecule has 0 unspecified atom stereocenters. The van der Waals surface area contributed by atoms with Crippen LogP contribution in [0.4, 0.5) is 25.1 Å². The highest BCUT2D eigenvalue weighted by atomic mass is 19.4. The summed E-state index contributed by atoms with van der Waals surface area (Å²) in [5, 5.41) is 10.4. The van der Waals surface area contributed by atoms with Gasteiger partial charge in [-0.05, 0) is 43.3 Å². The molecule has 0 radical (unpaired) electrons. The van der Waals surface area contributed by atoms with Crippen molar-refractivity contribution in [3.05, 3.63) is 72.6 Å². The van der Waals surface area contributed by atoms with E-state index < -0.39 is 11.7 Å². The number of rotatable bonds is 7. The molecular formula is C20H17F3N6O2. The van der Waals surface area contributed by atoms with Crippen LogP contribution < -0.4 is 15.8 Å². The molecule has 31 heavy (non-hydrogen) atoms. The second-order valence-corrected chi connectivity index (χ2v) is 6.04. The van der Waals surface area contributed by atoms with Crippen molar-refractivity contribution in [2.75, 3.05) is 11.1 Å². The smallest absolute Gasteiger partial charge is 0.415 e. The minimum atomic E-state index is -4.55. The lowest BCUT2D eigenvalue weighted by Gasteiger charge is -2.08. The number of nitrogens with one attached hydrogen (secondary N) is 1. The van der Waals surface area contributed by atoms with Crippen molar-refractivity contribution in [1.29, 1.82) is 0 Å². The fourth-order valence-corrected chi connectivity index (χ4v) is 2.29. The summed E-state index contributed by atoms with van der Waals surface area (Å²) in [6.45, 7) is 4.67. The fraction of sp³-hybridized carbons (Fsp3) is 0.100. The van der Waals surface area contributed by atoms with Crippen LogP contribution in [0.1, 0.15) is 6.92 Å². The third-order valence-corrected chi connectivity index (χ3v) is 3.69. The van der Waals surface area contributed by atoms with Crippen molar-refractivity contribution in [3.63, 3.8) is 0 Å². The zero-order valence-electron chi connectivity index (χ0n) is 16.2. The zero-order chi connectivity index (χ0) is 22.4. The summed E-state index contributed by atoms with van der Waals surface area (Å²) in [7, 11) is 0. The van der Waals surface area contributed by atoms with Gasteiger partial charge in [0.1, 0.15) is 5.75 Å². The quantitative estimate of drug-likeness (QED) is 0.510. The molecular weight excluding hydrogens is 413 g/mol. The summed E-state index contributed by atoms with van der Waals surface area (Å²) in [5.41, 5.74) is 5.16. The molecule has 0 saturated heterocycles. The molecule has 2 aromatic heterocycles. The van der Waals surface area contributed by atoms with E-state index in [-0.39, 0.29) is 29.4 Å². The second kappa shape index (κ2) is 9.11. The largest absolute Gasteiger partial charge is 0.439 e. The topological polar surface area (TPSA) is 112 Å². The molecule has 2 heterocycles. The Morgan fingerprint density at radius 3 is 2.58 bits per heavy atom. The molecule has 1 aromatic carbocycles. The Morgan fingerprint density at radius 1 is 1.19 bits per heavy atom. The molecule has 160 valence electrons. The average Bonchev–Trinajstić information content (AvgIpc) is 3.16. The Bertz CT molecular complexity index is 1120. The van der Waals surface area contributed by atoms with Crippen LogP contribution >= 0.6 is 0 Å². The van der Waals surface area contributed by atoms with E-state index in [1.165, 1.54) is 12.3 Å². The van der Waals surface area contributed by atoms with E-state index in [2.05, 4.69) is 32.1 Å². The van der Waals surface area contributed by atoms with Crippen LogP contribution in [0.5, 0.6) is 11.6 Å². The van der Waals surface area contributed by atoms with E-state index in [0.29, 0.717) is 11.3 Å². The van der Waals surface area contributed by atoms with Gasteiger partial charge in [-0.1, -0.05) is 17.8 Å². The maximum atomic E-state index is 12.7. The summed E-state index contributed by atoms with van der Waals surface area (Å²) >= 11 is 0. The number of benzene rings is 1. The maximum Gasteiger partial charge on any atom is 0.415 e. The molecule has 0 fully saturated rings. The molecule has 0 saturated carbocycles. The number of nitrogens with two attached hydrogens (primary N) is 1. The number of nitrogen functional groups attached to an aromatic ring is 1. The van der Waals surface area contributed by atoms with Crippen LogP contribution in [-0.2, 0) is 0 Å². The standard InChI is InChI=1S/C20H17F3N6O2/c1-3-4-14(11-12(2)20(21,22)23)26-19-29-28-17(31-19)13-5-7-15(8-6-13)30-16-9-10-25-18(24)27-16/h3-11H,2H2,1H3,(H,26,29)(H2,24,25,27)/b4-3-,14-11+. The van der Waals surface area contributed by atoms with Crippen LogP contribution in [0.25, 0.3) is 11.5 Å². The summed E-state index contributed by atoms with van der Waals surface area (Å²) in [4.78, 5) is 7.72. The van der Waals surface area contributed by atoms with E-state index in [4.69, 9.17) is 14.9 Å². The highest BCUT2D eigenvalue weighted by Gasteiger charge is 2.30. The SMILES string of the molecule is C=C(/C=C(\C=C/C)Nc1nnc(-c2ccc(Oc3ccnc(N)n3)cc2)o1)C(F)(F)F. The first-order chi connectivity index (χ1) is 14.7. The summed E-state index contributed by atoms with van der Waals surface area (Å²) in [6, 6.07) is 8.14. The minimum Gasteiger partial charge on any atom is -0.439 e. The summed E-state index contributed by atoms with van der Waals surface area (Å²) < 4.78 is 49.3. The lowest BCUT2D eigenvalue weighted by molar-refractivity contribution is -0.0878. The number of allylic oxidation sites excluding steroid dienone is 4. The molecule has 0 aliphatic rings. The van der Waals surface area contributed by atoms with Gasteiger partial charge in [0.15, 0.2) is 0 Å². The number of halogens is 3. The molecule has 8 nitrogen and oxygen atoms in total. The molecule has 0 amide bonds. The predicted octanol–water partition coefficient (Wildman–Crippen LogP) is 4.89. The van der Waals surface area contributed by atoms with Crippen molar-refractivity contribution in [3.8, 4) is 23.1 Å². The van der Waals surface area contributed by atoms with Gasteiger partial charge in [-0.25, -0.2) is 4.98 Å². The van der Waals surface area contributed by atoms with E-state index in [1.807, 2.05) is 0 Å². The van der Waals surface area contributed by atoms with Crippen LogP contribution in [0.3, 0.4) is 0 Å². The van der Waals surface area contributed by atoms with Gasteiger partial charge in [-0.2, -0.15) is 18.2 Å². The number of hydrogen-bond acceptors (Lipinski definition) is 8. The van der Waals surface area contributed by atoms with Gasteiger partial charge in [-0.3, -0.25) is 0 Å². The van der Waals surface area contributed by atoms with Crippen molar-refractivity contribution < 1.29 is 22.3 Å². The van der Waals surface area contributed by atoms with Gasteiger partial charge in [0.25, 0.3) is 0 Å². The Kier molecular flexibility index (Phi) is 6.34. The molecule has 0 atom stereocenters. The van der Waals surface area contributed by atoms with Gasteiger partial charge in [0, 0.05) is 23.5 Å². The first-order valence-corrected chi connectivity index (χ1v) is 8.82. The Balaban J connectivity index is 1.72. The Morgan fingerprint density at radius 2 is 1.94 bits per heavy atom. The highest BCUT2D eigenvalue weighted by molar-refractivity contribution is 5.55. The number of hydrogen-bond donors (Lipinski definition) is 2. The van der Waals surface area contributed by atoms with Crippen molar-refractivity contribution in [2.24, 2.45) is 0 Å². The molecule has 11 heteroatoms. The van der Waals surface area contributed by atoms with Crippen molar-refractivity contribution >= 4 is 12.0 Å². The van der Waals surface area contributed by atoms with Crippen molar-refractivity contribution in [1.82, 2.24) is 20.2 Å². The van der Waals surface area contributed by atoms with E-state index in [0.717, 1.165) is 6.08 Å². The number of ether oxygens (including phenoxy) is 1. The number of anilines is 2. The maximum absolute atomic E-state index is 12.7. The van der Waals surface area contributed by atoms with Gasteiger partial charge in [0.2, 0.25) is 17.7 Å². The molecule has 3 aromatic rings. The second-order valence-electron chi connectivity index (χ2n) is 6.04. The molecule has 0 aliphatic heterocycles. The molecule has 3 rings (SSSR count). The van der Waals surface area contributed by atoms with Crippen LogP contribution in [0.2, 0.25) is 0 Å². The normalized spacial score (nSPS) is 12.2. The monoisotopic (exact) mass is 430 g/mol. The Labute approximate surface area is 175 Å². The van der Waals surface area contributed by atoms with Gasteiger partial charge in [-0.15, -0.1) is 5.10 Å². The van der Waals surface area contributed by atoms with Crippen LogP contribution in [0, 0.1) is 0 Å². The molecule has 0 aliphatic carbocycles.